The first kappa shape index (κ1) is 16.2. The van der Waals surface area contributed by atoms with Gasteiger partial charge in [0.2, 0.25) is 5.91 Å². The van der Waals surface area contributed by atoms with Gasteiger partial charge in [0.25, 0.3) is 5.91 Å². The highest BCUT2D eigenvalue weighted by molar-refractivity contribution is 5.98. The van der Waals surface area contributed by atoms with E-state index in [9.17, 15) is 9.59 Å². The number of hydrogen-bond acceptors (Lipinski definition) is 5. The van der Waals surface area contributed by atoms with Crippen LogP contribution in [0, 0.1) is 5.92 Å². The average Bonchev–Trinajstić information content (AvgIpc) is 2.96. The van der Waals surface area contributed by atoms with Crippen molar-refractivity contribution in [3.63, 3.8) is 0 Å². The Hall–Kier alpha value is -2.15. The monoisotopic (exact) mass is 306 g/mol. The van der Waals surface area contributed by atoms with Gasteiger partial charge in [0.1, 0.15) is 5.82 Å². The number of nitrogens with zero attached hydrogens (tertiary/aromatic N) is 2. The lowest BCUT2D eigenvalue weighted by molar-refractivity contribution is -0.122. The van der Waals surface area contributed by atoms with Crippen molar-refractivity contribution < 1.29 is 14.3 Å². The topological polar surface area (TPSA) is 83.6 Å². The zero-order chi connectivity index (χ0) is 16.1. The molecule has 0 aromatic carbocycles. The van der Waals surface area contributed by atoms with Crippen LogP contribution in [0.4, 0.5) is 5.82 Å². The van der Waals surface area contributed by atoms with Crippen LogP contribution in [-0.2, 0) is 9.53 Å². The Bertz CT molecular complexity index is 549. The SMILES string of the molecule is CNC(=O)C[C@@H]1CN(C(=O)c2cccnc2NC)C[C@@H]1OC. The molecule has 2 amide bonds. The second-order valence-electron chi connectivity index (χ2n) is 5.27. The van der Waals surface area contributed by atoms with E-state index in [4.69, 9.17) is 4.74 Å². The summed E-state index contributed by atoms with van der Waals surface area (Å²) < 4.78 is 5.44. The van der Waals surface area contributed by atoms with Gasteiger partial charge in [-0.15, -0.1) is 0 Å². The quantitative estimate of drug-likeness (QED) is 0.820. The molecular formula is C15H22N4O3. The first-order valence-electron chi connectivity index (χ1n) is 7.26. The average molecular weight is 306 g/mol. The van der Waals surface area contributed by atoms with E-state index in [0.717, 1.165) is 0 Å². The summed E-state index contributed by atoms with van der Waals surface area (Å²) in [4.78, 5) is 30.1. The fourth-order valence-corrected chi connectivity index (χ4v) is 2.76. The van der Waals surface area contributed by atoms with E-state index >= 15 is 0 Å². The number of rotatable bonds is 5. The van der Waals surface area contributed by atoms with Crippen molar-refractivity contribution in [2.45, 2.75) is 12.5 Å². The Balaban J connectivity index is 2.13. The van der Waals surface area contributed by atoms with Crippen molar-refractivity contribution >= 4 is 17.6 Å². The number of amides is 2. The normalized spacial score (nSPS) is 20.8. The van der Waals surface area contributed by atoms with Crippen LogP contribution in [0.15, 0.2) is 18.3 Å². The first-order valence-corrected chi connectivity index (χ1v) is 7.26. The van der Waals surface area contributed by atoms with Gasteiger partial charge in [0.05, 0.1) is 11.7 Å². The lowest BCUT2D eigenvalue weighted by atomic mass is 10.0. The van der Waals surface area contributed by atoms with Gasteiger partial charge in [-0.3, -0.25) is 9.59 Å². The number of aromatic nitrogens is 1. The van der Waals surface area contributed by atoms with Crippen LogP contribution in [-0.4, -0.2) is 62.1 Å². The third-order valence-corrected chi connectivity index (χ3v) is 3.97. The third kappa shape index (κ3) is 3.36. The lowest BCUT2D eigenvalue weighted by Crippen LogP contribution is -2.30. The molecule has 0 radical (unpaired) electrons. The molecule has 2 atom stereocenters. The minimum absolute atomic E-state index is 0.00334. The number of anilines is 1. The van der Waals surface area contributed by atoms with Crippen LogP contribution >= 0.6 is 0 Å². The molecule has 0 saturated carbocycles. The molecule has 2 heterocycles. The fourth-order valence-electron chi connectivity index (χ4n) is 2.76. The maximum absolute atomic E-state index is 12.7. The highest BCUT2D eigenvalue weighted by Gasteiger charge is 2.37. The van der Waals surface area contributed by atoms with E-state index in [0.29, 0.717) is 30.9 Å². The number of carbonyl (C=O) groups excluding carboxylic acids is 2. The molecule has 1 fully saturated rings. The summed E-state index contributed by atoms with van der Waals surface area (Å²) in [6.07, 6.45) is 1.86. The summed E-state index contributed by atoms with van der Waals surface area (Å²) in [5.41, 5.74) is 0.528. The molecule has 1 aromatic rings. The number of ether oxygens (including phenoxy) is 1. The largest absolute Gasteiger partial charge is 0.379 e. The van der Waals surface area contributed by atoms with Gasteiger partial charge in [-0.25, -0.2) is 4.98 Å². The number of methoxy groups -OCH3 is 1. The molecule has 0 bridgehead atoms. The molecular weight excluding hydrogens is 284 g/mol. The van der Waals surface area contributed by atoms with E-state index in [2.05, 4.69) is 15.6 Å². The molecule has 1 aliphatic rings. The molecule has 7 nitrogen and oxygen atoms in total. The predicted octanol–water partition coefficient (Wildman–Crippen LogP) is 0.346. The first-order chi connectivity index (χ1) is 10.6. The molecule has 120 valence electrons. The summed E-state index contributed by atoms with van der Waals surface area (Å²) in [6, 6.07) is 3.48. The summed E-state index contributed by atoms with van der Waals surface area (Å²) >= 11 is 0. The second kappa shape index (κ2) is 7.22. The van der Waals surface area contributed by atoms with Gasteiger partial charge >= 0.3 is 0 Å². The van der Waals surface area contributed by atoms with Gasteiger partial charge in [-0.05, 0) is 12.1 Å². The van der Waals surface area contributed by atoms with E-state index in [1.807, 2.05) is 0 Å². The van der Waals surface area contributed by atoms with Crippen molar-refractivity contribution in [2.24, 2.45) is 5.92 Å². The zero-order valence-electron chi connectivity index (χ0n) is 13.1. The lowest BCUT2D eigenvalue weighted by Gasteiger charge is -2.17. The van der Waals surface area contributed by atoms with Crippen molar-refractivity contribution in [1.29, 1.82) is 0 Å². The number of pyridine rings is 1. The van der Waals surface area contributed by atoms with Crippen LogP contribution in [0.1, 0.15) is 16.8 Å². The number of carbonyl (C=O) groups is 2. The minimum Gasteiger partial charge on any atom is -0.379 e. The van der Waals surface area contributed by atoms with Crippen LogP contribution < -0.4 is 10.6 Å². The van der Waals surface area contributed by atoms with Gasteiger partial charge in [0, 0.05) is 52.8 Å². The Labute approximate surface area is 130 Å². The Morgan fingerprint density at radius 2 is 2.18 bits per heavy atom. The van der Waals surface area contributed by atoms with E-state index in [-0.39, 0.29) is 23.8 Å². The van der Waals surface area contributed by atoms with Crippen LogP contribution in [0.2, 0.25) is 0 Å². The highest BCUT2D eigenvalue weighted by Crippen LogP contribution is 2.25. The predicted molar refractivity (Wildman–Crippen MR) is 82.7 cm³/mol. The van der Waals surface area contributed by atoms with E-state index in [1.54, 1.807) is 44.4 Å². The summed E-state index contributed by atoms with van der Waals surface area (Å²) in [6.45, 7) is 0.984. The molecule has 7 heteroatoms. The summed E-state index contributed by atoms with van der Waals surface area (Å²) in [5.74, 6) is 0.414. The number of likely N-dealkylation sites (tertiary alicyclic amines) is 1. The Morgan fingerprint density at radius 1 is 1.41 bits per heavy atom. The molecule has 1 aromatic heterocycles. The molecule has 1 aliphatic heterocycles. The van der Waals surface area contributed by atoms with Crippen molar-refractivity contribution in [3.8, 4) is 0 Å². The molecule has 2 N–H and O–H groups in total. The van der Waals surface area contributed by atoms with Crippen LogP contribution in [0.3, 0.4) is 0 Å². The molecule has 0 aliphatic carbocycles. The summed E-state index contributed by atoms with van der Waals surface area (Å²) in [7, 11) is 4.95. The molecule has 0 unspecified atom stereocenters. The standard InChI is InChI=1S/C15H22N4O3/c1-16-13(20)7-10-8-19(9-12(10)22-3)15(21)11-5-4-6-18-14(11)17-2/h4-6,10,12H,7-9H2,1-3H3,(H,16,20)(H,17,18)/t10-,12+/m1/s1. The minimum atomic E-state index is -0.129. The van der Waals surface area contributed by atoms with Gasteiger partial charge in [-0.2, -0.15) is 0 Å². The smallest absolute Gasteiger partial charge is 0.257 e. The Kier molecular flexibility index (Phi) is 5.32. The number of nitrogens with one attached hydrogen (secondary N) is 2. The van der Waals surface area contributed by atoms with Gasteiger partial charge in [-0.1, -0.05) is 0 Å². The van der Waals surface area contributed by atoms with E-state index < -0.39 is 0 Å². The summed E-state index contributed by atoms with van der Waals surface area (Å²) in [5, 5.41) is 5.54. The highest BCUT2D eigenvalue weighted by atomic mass is 16.5. The maximum Gasteiger partial charge on any atom is 0.257 e. The van der Waals surface area contributed by atoms with Crippen LogP contribution in [0.5, 0.6) is 0 Å². The van der Waals surface area contributed by atoms with E-state index in [1.165, 1.54) is 0 Å². The van der Waals surface area contributed by atoms with Gasteiger partial charge < -0.3 is 20.3 Å². The van der Waals surface area contributed by atoms with Crippen molar-refractivity contribution in [1.82, 2.24) is 15.2 Å². The molecule has 0 spiro atoms. The molecule has 22 heavy (non-hydrogen) atoms. The Morgan fingerprint density at radius 3 is 2.82 bits per heavy atom. The number of hydrogen-bond donors (Lipinski definition) is 2. The van der Waals surface area contributed by atoms with Gasteiger partial charge in [0.15, 0.2) is 0 Å². The van der Waals surface area contributed by atoms with Crippen LogP contribution in [0.25, 0.3) is 0 Å². The van der Waals surface area contributed by atoms with Crippen molar-refractivity contribution in [2.75, 3.05) is 39.6 Å². The third-order valence-electron chi connectivity index (χ3n) is 3.97. The zero-order valence-corrected chi connectivity index (χ0v) is 13.1. The van der Waals surface area contributed by atoms with Crippen molar-refractivity contribution in [3.05, 3.63) is 23.9 Å². The maximum atomic E-state index is 12.7. The second-order valence-corrected chi connectivity index (χ2v) is 5.27. The molecule has 1 saturated heterocycles. The molecule has 2 rings (SSSR count). The fraction of sp³-hybridized carbons (Fsp3) is 0.533.